The molecule has 92 valence electrons. The molecular formula is C16H17NO. The van der Waals surface area contributed by atoms with Crippen molar-refractivity contribution < 1.29 is 4.79 Å². The lowest BCUT2D eigenvalue weighted by atomic mass is 9.63. The summed E-state index contributed by atoms with van der Waals surface area (Å²) in [6.07, 6.45) is 7.68. The molecule has 0 radical (unpaired) electrons. The quantitative estimate of drug-likeness (QED) is 0.558. The summed E-state index contributed by atoms with van der Waals surface area (Å²) in [7, 11) is 0. The number of rotatable bonds is 0. The molecule has 0 amide bonds. The lowest BCUT2D eigenvalue weighted by Gasteiger charge is -2.39. The van der Waals surface area contributed by atoms with E-state index >= 15 is 0 Å². The van der Waals surface area contributed by atoms with E-state index in [4.69, 9.17) is 5.73 Å². The number of fused-ring (bicyclic) bond motifs is 4. The van der Waals surface area contributed by atoms with Crippen LogP contribution in [-0.4, -0.2) is 5.78 Å². The van der Waals surface area contributed by atoms with Crippen molar-refractivity contribution in [2.24, 2.45) is 11.3 Å². The Morgan fingerprint density at radius 1 is 1.22 bits per heavy atom. The van der Waals surface area contributed by atoms with E-state index < -0.39 is 0 Å². The van der Waals surface area contributed by atoms with Crippen molar-refractivity contribution in [2.45, 2.75) is 32.1 Å². The number of hydrogen-bond acceptors (Lipinski definition) is 2. The Bertz CT molecular complexity index is 587. The zero-order valence-corrected chi connectivity index (χ0v) is 10.4. The van der Waals surface area contributed by atoms with E-state index in [1.807, 2.05) is 12.1 Å². The molecule has 0 aliphatic heterocycles. The predicted octanol–water partition coefficient (Wildman–Crippen LogP) is 3.12. The number of hydrogen-bond donors (Lipinski definition) is 1. The van der Waals surface area contributed by atoms with Gasteiger partial charge in [0, 0.05) is 17.7 Å². The van der Waals surface area contributed by atoms with Gasteiger partial charge in [0.15, 0.2) is 5.78 Å². The molecule has 3 aliphatic rings. The number of benzene rings is 1. The van der Waals surface area contributed by atoms with Crippen molar-refractivity contribution in [3.05, 3.63) is 41.0 Å². The molecule has 2 unspecified atom stereocenters. The van der Waals surface area contributed by atoms with E-state index in [-0.39, 0.29) is 11.2 Å². The third kappa shape index (κ3) is 1.21. The van der Waals surface area contributed by atoms with Gasteiger partial charge in [0.05, 0.1) is 0 Å². The Hall–Kier alpha value is -1.57. The van der Waals surface area contributed by atoms with Crippen molar-refractivity contribution in [1.82, 2.24) is 0 Å². The maximum Gasteiger partial charge on any atom is 0.165 e. The number of carbonyl (C=O) groups excluding carboxylic acids is 1. The van der Waals surface area contributed by atoms with E-state index in [0.29, 0.717) is 18.0 Å². The molecule has 2 nitrogen and oxygen atoms in total. The summed E-state index contributed by atoms with van der Waals surface area (Å²) < 4.78 is 0. The molecular weight excluding hydrogens is 222 g/mol. The van der Waals surface area contributed by atoms with Gasteiger partial charge < -0.3 is 5.73 Å². The zero-order valence-electron chi connectivity index (χ0n) is 10.4. The molecule has 1 saturated carbocycles. The Balaban J connectivity index is 1.82. The van der Waals surface area contributed by atoms with Crippen molar-refractivity contribution >= 4 is 11.5 Å². The van der Waals surface area contributed by atoms with Crippen LogP contribution >= 0.6 is 0 Å². The summed E-state index contributed by atoms with van der Waals surface area (Å²) in [5.41, 5.74) is 10.4. The molecule has 0 heterocycles. The summed E-state index contributed by atoms with van der Waals surface area (Å²) >= 11 is 0. The molecule has 0 aromatic heterocycles. The average molecular weight is 239 g/mol. The second-order valence-corrected chi connectivity index (χ2v) is 6.20. The minimum atomic E-state index is 0.224. The Labute approximate surface area is 107 Å². The Morgan fingerprint density at radius 2 is 2.11 bits per heavy atom. The van der Waals surface area contributed by atoms with Gasteiger partial charge in [-0.05, 0) is 48.6 Å². The average Bonchev–Trinajstić information content (AvgIpc) is 2.88. The first-order valence-electron chi connectivity index (χ1n) is 6.76. The van der Waals surface area contributed by atoms with E-state index in [9.17, 15) is 4.79 Å². The number of allylic oxidation sites excluding steroid dienone is 2. The molecule has 3 aliphatic carbocycles. The largest absolute Gasteiger partial charge is 0.398 e. The number of carbonyl (C=O) groups is 1. The van der Waals surface area contributed by atoms with Gasteiger partial charge in [-0.3, -0.25) is 4.79 Å². The molecule has 1 aromatic rings. The van der Waals surface area contributed by atoms with Crippen LogP contribution in [0.1, 0.15) is 41.6 Å². The smallest absolute Gasteiger partial charge is 0.165 e. The van der Waals surface area contributed by atoms with Crippen molar-refractivity contribution in [3.63, 3.8) is 0 Å². The molecule has 2 bridgehead atoms. The van der Waals surface area contributed by atoms with Gasteiger partial charge in [0.1, 0.15) is 0 Å². The van der Waals surface area contributed by atoms with E-state index in [0.717, 1.165) is 18.4 Å². The maximum absolute atomic E-state index is 12.4. The van der Waals surface area contributed by atoms with Crippen LogP contribution in [0.25, 0.3) is 0 Å². The highest BCUT2D eigenvalue weighted by Crippen LogP contribution is 2.58. The second-order valence-electron chi connectivity index (χ2n) is 6.20. The van der Waals surface area contributed by atoms with Gasteiger partial charge >= 0.3 is 0 Å². The van der Waals surface area contributed by atoms with Crippen LogP contribution in [0.3, 0.4) is 0 Å². The van der Waals surface area contributed by atoms with Gasteiger partial charge in [0.2, 0.25) is 0 Å². The number of Topliss-reactive ketones (excluding diaryl/α,β-unsaturated/α-hetero) is 1. The summed E-state index contributed by atoms with van der Waals surface area (Å²) in [4.78, 5) is 12.4. The maximum atomic E-state index is 12.4. The minimum absolute atomic E-state index is 0.224. The lowest BCUT2D eigenvalue weighted by Crippen LogP contribution is -2.36. The second kappa shape index (κ2) is 3.25. The molecule has 2 N–H and O–H groups in total. The normalized spacial score (nSPS) is 32.8. The summed E-state index contributed by atoms with van der Waals surface area (Å²) in [5.74, 6) is 0.966. The van der Waals surface area contributed by atoms with Crippen molar-refractivity contribution in [2.75, 3.05) is 5.73 Å². The lowest BCUT2D eigenvalue weighted by molar-refractivity contribution is 0.0825. The fourth-order valence-electron chi connectivity index (χ4n) is 4.37. The van der Waals surface area contributed by atoms with Gasteiger partial charge in [-0.25, -0.2) is 0 Å². The zero-order chi connectivity index (χ0) is 12.3. The molecule has 1 spiro atoms. The third-order valence-corrected chi connectivity index (χ3v) is 5.16. The number of nitrogen functional groups attached to an aromatic ring is 1. The molecule has 0 saturated heterocycles. The fourth-order valence-corrected chi connectivity index (χ4v) is 4.37. The van der Waals surface area contributed by atoms with Crippen LogP contribution in [-0.2, 0) is 6.42 Å². The Morgan fingerprint density at radius 3 is 2.83 bits per heavy atom. The van der Waals surface area contributed by atoms with Crippen LogP contribution < -0.4 is 5.73 Å². The third-order valence-electron chi connectivity index (χ3n) is 5.16. The summed E-state index contributed by atoms with van der Waals surface area (Å²) in [5, 5.41) is 0. The number of anilines is 1. The van der Waals surface area contributed by atoms with Crippen LogP contribution in [0.4, 0.5) is 5.69 Å². The molecule has 18 heavy (non-hydrogen) atoms. The monoisotopic (exact) mass is 239 g/mol. The highest BCUT2D eigenvalue weighted by Gasteiger charge is 2.50. The highest BCUT2D eigenvalue weighted by atomic mass is 16.1. The van der Waals surface area contributed by atoms with Gasteiger partial charge in [0.25, 0.3) is 0 Å². The first-order valence-corrected chi connectivity index (χ1v) is 6.76. The van der Waals surface area contributed by atoms with Gasteiger partial charge in [-0.15, -0.1) is 0 Å². The SMILES string of the molecule is Nc1cccc2c1C(=O)CC1(CC3=CCC1C3)C2. The van der Waals surface area contributed by atoms with E-state index in [1.165, 1.54) is 18.4 Å². The molecule has 2 atom stereocenters. The molecule has 2 heteroatoms. The van der Waals surface area contributed by atoms with Crippen LogP contribution in [0.15, 0.2) is 29.8 Å². The molecule has 1 aromatic carbocycles. The number of nitrogens with two attached hydrogens (primary N) is 1. The predicted molar refractivity (Wildman–Crippen MR) is 71.4 cm³/mol. The van der Waals surface area contributed by atoms with Gasteiger partial charge in [-0.2, -0.15) is 0 Å². The summed E-state index contributed by atoms with van der Waals surface area (Å²) in [6.45, 7) is 0. The van der Waals surface area contributed by atoms with Crippen molar-refractivity contribution in [1.29, 1.82) is 0 Å². The first kappa shape index (κ1) is 10.4. The standard InChI is InChI=1S/C16H17NO/c17-13-3-1-2-11-8-16(9-14(18)15(11)13)7-10-4-5-12(16)6-10/h1-4,12H,5-9,17H2. The Kier molecular flexibility index (Phi) is 1.87. The highest BCUT2D eigenvalue weighted by molar-refractivity contribution is 6.03. The van der Waals surface area contributed by atoms with Crippen molar-refractivity contribution in [3.8, 4) is 0 Å². The van der Waals surface area contributed by atoms with Crippen LogP contribution in [0.2, 0.25) is 0 Å². The molecule has 4 rings (SSSR count). The first-order chi connectivity index (χ1) is 8.68. The van der Waals surface area contributed by atoms with Gasteiger partial charge in [-0.1, -0.05) is 23.8 Å². The minimum Gasteiger partial charge on any atom is -0.398 e. The number of ketones is 1. The fraction of sp³-hybridized carbons (Fsp3) is 0.438. The summed E-state index contributed by atoms with van der Waals surface area (Å²) in [6, 6.07) is 5.91. The molecule has 1 fully saturated rings. The van der Waals surface area contributed by atoms with E-state index in [1.54, 1.807) is 5.57 Å². The topological polar surface area (TPSA) is 43.1 Å². The van der Waals surface area contributed by atoms with Crippen LogP contribution in [0.5, 0.6) is 0 Å². The van der Waals surface area contributed by atoms with Crippen LogP contribution in [0, 0.1) is 11.3 Å². The van der Waals surface area contributed by atoms with E-state index in [2.05, 4.69) is 12.1 Å².